The summed E-state index contributed by atoms with van der Waals surface area (Å²) in [6, 6.07) is 0. The molecule has 0 bridgehead atoms. The normalized spacial score (nSPS) is 21.7. The highest BCUT2D eigenvalue weighted by Crippen LogP contribution is 2.15. The van der Waals surface area contributed by atoms with Crippen molar-refractivity contribution < 1.29 is 22.6 Å². The van der Waals surface area contributed by atoms with Crippen molar-refractivity contribution in [3.8, 4) is 0 Å². The Morgan fingerprint density at radius 2 is 2.06 bits per heavy atom. The molecule has 0 saturated carbocycles. The highest BCUT2D eigenvalue weighted by Gasteiger charge is 2.27. The van der Waals surface area contributed by atoms with E-state index in [4.69, 9.17) is 4.74 Å². The molecular weight excluding hydrogens is 235 g/mol. The second kappa shape index (κ2) is 7.89. The van der Waals surface area contributed by atoms with Crippen molar-refractivity contribution >= 4 is 0 Å². The Bertz CT molecular complexity index is 194. The van der Waals surface area contributed by atoms with E-state index >= 15 is 0 Å². The van der Waals surface area contributed by atoms with Gasteiger partial charge in [0.2, 0.25) is 0 Å². The molecule has 6 heteroatoms. The van der Waals surface area contributed by atoms with Gasteiger partial charge in [0.25, 0.3) is 0 Å². The summed E-state index contributed by atoms with van der Waals surface area (Å²) in [4.78, 5) is 0. The number of hydrogen-bond donors (Lipinski definition) is 1. The first-order valence-electron chi connectivity index (χ1n) is 6.05. The third kappa shape index (κ3) is 8.40. The molecule has 0 radical (unpaired) electrons. The fourth-order valence-electron chi connectivity index (χ4n) is 1.76. The molecule has 17 heavy (non-hydrogen) atoms. The molecule has 1 unspecified atom stereocenters. The zero-order chi connectivity index (χ0) is 12.6. The van der Waals surface area contributed by atoms with Crippen LogP contribution in [0.3, 0.4) is 0 Å². The van der Waals surface area contributed by atoms with E-state index in [1.165, 1.54) is 6.42 Å². The van der Waals surface area contributed by atoms with E-state index in [2.05, 4.69) is 10.1 Å². The quantitative estimate of drug-likeness (QED) is 0.707. The van der Waals surface area contributed by atoms with Gasteiger partial charge in [-0.15, -0.1) is 0 Å². The van der Waals surface area contributed by atoms with Gasteiger partial charge in [-0.2, -0.15) is 13.2 Å². The fraction of sp³-hybridized carbons (Fsp3) is 1.00. The first-order valence-corrected chi connectivity index (χ1v) is 6.05. The summed E-state index contributed by atoms with van der Waals surface area (Å²) >= 11 is 0. The maximum absolute atomic E-state index is 11.7. The molecule has 0 aliphatic carbocycles. The van der Waals surface area contributed by atoms with E-state index in [0.29, 0.717) is 12.6 Å². The molecule has 1 heterocycles. The Morgan fingerprint density at radius 3 is 2.71 bits per heavy atom. The topological polar surface area (TPSA) is 30.5 Å². The number of hydrogen-bond acceptors (Lipinski definition) is 3. The van der Waals surface area contributed by atoms with Gasteiger partial charge in [0, 0.05) is 13.2 Å². The summed E-state index contributed by atoms with van der Waals surface area (Å²) in [6.45, 7) is 0.966. The van der Waals surface area contributed by atoms with Crippen molar-refractivity contribution in [2.45, 2.75) is 38.0 Å². The summed E-state index contributed by atoms with van der Waals surface area (Å²) in [6.07, 6.45) is 0.433. The third-order valence-electron chi connectivity index (χ3n) is 2.61. The Morgan fingerprint density at radius 1 is 1.24 bits per heavy atom. The Balaban J connectivity index is 1.84. The van der Waals surface area contributed by atoms with Crippen molar-refractivity contribution in [2.24, 2.45) is 0 Å². The van der Waals surface area contributed by atoms with Crippen molar-refractivity contribution in [3.05, 3.63) is 0 Å². The van der Waals surface area contributed by atoms with Crippen LogP contribution in [0.2, 0.25) is 0 Å². The van der Waals surface area contributed by atoms with Gasteiger partial charge < -0.3 is 14.8 Å². The van der Waals surface area contributed by atoms with Crippen molar-refractivity contribution in [1.82, 2.24) is 5.32 Å². The molecule has 0 amide bonds. The summed E-state index contributed by atoms with van der Waals surface area (Å²) in [5, 5.41) is 3.05. The van der Waals surface area contributed by atoms with E-state index in [1.54, 1.807) is 0 Å². The minimum absolute atomic E-state index is 0.0883. The van der Waals surface area contributed by atoms with Crippen LogP contribution in [0, 0.1) is 0 Å². The number of alkyl halides is 3. The van der Waals surface area contributed by atoms with E-state index < -0.39 is 12.8 Å². The van der Waals surface area contributed by atoms with Gasteiger partial charge >= 0.3 is 6.18 Å². The summed E-state index contributed by atoms with van der Waals surface area (Å²) in [7, 11) is 0. The zero-order valence-corrected chi connectivity index (χ0v) is 9.89. The minimum Gasteiger partial charge on any atom is -0.378 e. The molecule has 1 N–H and O–H groups in total. The monoisotopic (exact) mass is 255 g/mol. The molecule has 3 nitrogen and oxygen atoms in total. The summed E-state index contributed by atoms with van der Waals surface area (Å²) in [5.41, 5.74) is 0. The van der Waals surface area contributed by atoms with E-state index in [0.717, 1.165) is 32.4 Å². The minimum atomic E-state index is -4.23. The van der Waals surface area contributed by atoms with Crippen LogP contribution in [-0.4, -0.2) is 45.2 Å². The van der Waals surface area contributed by atoms with Crippen molar-refractivity contribution in [2.75, 3.05) is 32.9 Å². The van der Waals surface area contributed by atoms with Crippen molar-refractivity contribution in [1.29, 1.82) is 0 Å². The van der Waals surface area contributed by atoms with Gasteiger partial charge in [-0.3, -0.25) is 0 Å². The highest BCUT2D eigenvalue weighted by atomic mass is 19.4. The molecule has 1 fully saturated rings. The second-order valence-corrected chi connectivity index (χ2v) is 4.20. The number of rotatable bonds is 7. The predicted octanol–water partition coefficient (Wildman–Crippen LogP) is 2.11. The van der Waals surface area contributed by atoms with E-state index in [-0.39, 0.29) is 6.61 Å². The van der Waals surface area contributed by atoms with Gasteiger partial charge in [0.1, 0.15) is 6.61 Å². The highest BCUT2D eigenvalue weighted by molar-refractivity contribution is 4.64. The largest absolute Gasteiger partial charge is 0.411 e. The van der Waals surface area contributed by atoms with Crippen LogP contribution < -0.4 is 5.32 Å². The summed E-state index contributed by atoms with van der Waals surface area (Å²) in [5.74, 6) is 0. The Labute approximate surface area is 99.7 Å². The Kier molecular flexibility index (Phi) is 6.84. The number of nitrogens with one attached hydrogen (secondary N) is 1. The Hall–Kier alpha value is -0.330. The van der Waals surface area contributed by atoms with Crippen LogP contribution in [0.15, 0.2) is 0 Å². The average Bonchev–Trinajstić information content (AvgIpc) is 2.28. The van der Waals surface area contributed by atoms with Gasteiger partial charge in [-0.1, -0.05) is 0 Å². The zero-order valence-electron chi connectivity index (χ0n) is 9.89. The fourth-order valence-corrected chi connectivity index (χ4v) is 1.76. The first-order chi connectivity index (χ1) is 8.08. The van der Waals surface area contributed by atoms with Crippen LogP contribution in [0.4, 0.5) is 13.2 Å². The lowest BCUT2D eigenvalue weighted by atomic mass is 10.1. The molecule has 0 aromatic heterocycles. The van der Waals surface area contributed by atoms with Crippen LogP contribution in [0.5, 0.6) is 0 Å². The van der Waals surface area contributed by atoms with Crippen LogP contribution in [-0.2, 0) is 9.47 Å². The standard InChI is InChI=1S/C11H20F3NO2/c12-11(13,14)9-16-8-6-15-5-4-10-3-1-2-7-17-10/h10,15H,1-9H2. The average molecular weight is 255 g/mol. The van der Waals surface area contributed by atoms with E-state index in [9.17, 15) is 13.2 Å². The van der Waals surface area contributed by atoms with Gasteiger partial charge in [0.15, 0.2) is 0 Å². The molecule has 1 saturated heterocycles. The number of ether oxygens (including phenoxy) is 2. The van der Waals surface area contributed by atoms with Gasteiger partial charge in [-0.05, 0) is 32.2 Å². The van der Waals surface area contributed by atoms with Gasteiger partial charge in [-0.25, -0.2) is 0 Å². The molecule has 1 aliphatic heterocycles. The SMILES string of the molecule is FC(F)(F)COCCNCCC1CCCCO1. The molecule has 1 aliphatic rings. The smallest absolute Gasteiger partial charge is 0.378 e. The second-order valence-electron chi connectivity index (χ2n) is 4.20. The van der Waals surface area contributed by atoms with Crippen LogP contribution in [0.25, 0.3) is 0 Å². The van der Waals surface area contributed by atoms with Crippen molar-refractivity contribution in [3.63, 3.8) is 0 Å². The molecule has 0 aromatic carbocycles. The summed E-state index contributed by atoms with van der Waals surface area (Å²) < 4.78 is 45.1. The maximum Gasteiger partial charge on any atom is 0.411 e. The van der Waals surface area contributed by atoms with Crippen LogP contribution in [0.1, 0.15) is 25.7 Å². The lowest BCUT2D eigenvalue weighted by Crippen LogP contribution is -2.28. The molecule has 0 spiro atoms. The lowest BCUT2D eigenvalue weighted by molar-refractivity contribution is -0.173. The molecule has 1 rings (SSSR count). The molecule has 102 valence electrons. The molecule has 0 aromatic rings. The maximum atomic E-state index is 11.7. The molecular formula is C11H20F3NO2. The lowest BCUT2D eigenvalue weighted by Gasteiger charge is -2.22. The number of halogens is 3. The van der Waals surface area contributed by atoms with E-state index in [1.807, 2.05) is 0 Å². The third-order valence-corrected chi connectivity index (χ3v) is 2.61. The van der Waals surface area contributed by atoms with Gasteiger partial charge in [0.05, 0.1) is 12.7 Å². The predicted molar refractivity (Wildman–Crippen MR) is 58.0 cm³/mol. The first kappa shape index (κ1) is 14.7. The molecule has 1 atom stereocenters. The van der Waals surface area contributed by atoms with Crippen LogP contribution >= 0.6 is 0 Å².